The van der Waals surface area contributed by atoms with Crippen molar-refractivity contribution >= 4 is 23.2 Å². The van der Waals surface area contributed by atoms with Gasteiger partial charge in [0.25, 0.3) is 5.91 Å². The number of carbonyl (C=O) groups excluding carboxylic acids is 1. The van der Waals surface area contributed by atoms with Crippen molar-refractivity contribution in [3.8, 4) is 11.8 Å². The quantitative estimate of drug-likeness (QED) is 0.917. The highest BCUT2D eigenvalue weighted by molar-refractivity contribution is 6.32. The van der Waals surface area contributed by atoms with E-state index in [1.807, 2.05) is 19.9 Å². The van der Waals surface area contributed by atoms with Gasteiger partial charge in [-0.05, 0) is 56.3 Å². The van der Waals surface area contributed by atoms with Gasteiger partial charge in [-0.1, -0.05) is 11.6 Å². The molecule has 0 bridgehead atoms. The first-order valence-corrected chi connectivity index (χ1v) is 7.15. The van der Waals surface area contributed by atoms with Crippen molar-refractivity contribution in [2.75, 3.05) is 5.32 Å². The lowest BCUT2D eigenvalue weighted by Gasteiger charge is -2.12. The number of nitrogens with one attached hydrogen (secondary N) is 1. The molecule has 0 aliphatic heterocycles. The Morgan fingerprint density at radius 1 is 1.23 bits per heavy atom. The van der Waals surface area contributed by atoms with E-state index in [4.69, 9.17) is 21.6 Å². The predicted octanol–water partition coefficient (Wildman–Crippen LogP) is 4.25. The van der Waals surface area contributed by atoms with Crippen LogP contribution in [0.15, 0.2) is 42.5 Å². The van der Waals surface area contributed by atoms with E-state index in [2.05, 4.69) is 5.32 Å². The number of benzene rings is 2. The molecule has 0 unspecified atom stereocenters. The SMILES string of the molecule is CC(C)Oc1ccc(NC(=O)c2ccc(C#N)cc2)cc1Cl. The minimum absolute atomic E-state index is 0.0246. The molecule has 1 amide bonds. The Morgan fingerprint density at radius 2 is 1.91 bits per heavy atom. The molecule has 0 saturated heterocycles. The topological polar surface area (TPSA) is 62.1 Å². The number of carbonyl (C=O) groups is 1. The van der Waals surface area contributed by atoms with Gasteiger partial charge < -0.3 is 10.1 Å². The summed E-state index contributed by atoms with van der Waals surface area (Å²) in [6.45, 7) is 3.83. The molecule has 0 aliphatic carbocycles. The summed E-state index contributed by atoms with van der Waals surface area (Å²) < 4.78 is 5.54. The van der Waals surface area contributed by atoms with Crippen molar-refractivity contribution in [3.63, 3.8) is 0 Å². The van der Waals surface area contributed by atoms with Crippen LogP contribution in [-0.2, 0) is 0 Å². The van der Waals surface area contributed by atoms with E-state index in [0.29, 0.717) is 27.6 Å². The average Bonchev–Trinajstić information content (AvgIpc) is 2.49. The molecule has 4 nitrogen and oxygen atoms in total. The summed E-state index contributed by atoms with van der Waals surface area (Å²) in [5, 5.41) is 11.9. The third-order valence-electron chi connectivity index (χ3n) is 2.83. The molecule has 0 saturated carbocycles. The monoisotopic (exact) mass is 314 g/mol. The van der Waals surface area contributed by atoms with E-state index in [1.54, 1.807) is 42.5 Å². The second-order valence-corrected chi connectivity index (χ2v) is 5.36. The summed E-state index contributed by atoms with van der Waals surface area (Å²) in [6.07, 6.45) is 0.0246. The van der Waals surface area contributed by atoms with Gasteiger partial charge in [0.05, 0.1) is 22.8 Å². The minimum atomic E-state index is -0.266. The fraction of sp³-hybridized carbons (Fsp3) is 0.176. The molecule has 0 fully saturated rings. The maximum absolute atomic E-state index is 12.1. The second kappa shape index (κ2) is 6.97. The van der Waals surface area contributed by atoms with Gasteiger partial charge in [-0.3, -0.25) is 4.79 Å². The zero-order valence-corrected chi connectivity index (χ0v) is 13.0. The molecular weight excluding hydrogens is 300 g/mol. The van der Waals surface area contributed by atoms with E-state index in [0.717, 1.165) is 0 Å². The van der Waals surface area contributed by atoms with E-state index < -0.39 is 0 Å². The Hall–Kier alpha value is -2.51. The maximum atomic E-state index is 12.1. The smallest absolute Gasteiger partial charge is 0.255 e. The van der Waals surface area contributed by atoms with Gasteiger partial charge >= 0.3 is 0 Å². The maximum Gasteiger partial charge on any atom is 0.255 e. The number of nitrogens with zero attached hydrogens (tertiary/aromatic N) is 1. The van der Waals surface area contributed by atoms with Crippen LogP contribution in [0, 0.1) is 11.3 Å². The zero-order valence-electron chi connectivity index (χ0n) is 12.3. The molecule has 0 radical (unpaired) electrons. The molecule has 1 N–H and O–H groups in total. The first kappa shape index (κ1) is 15.9. The van der Waals surface area contributed by atoms with Crippen LogP contribution in [0.5, 0.6) is 5.75 Å². The number of halogens is 1. The standard InChI is InChI=1S/C17H15ClN2O2/c1-11(2)22-16-8-7-14(9-15(16)18)20-17(21)13-5-3-12(10-19)4-6-13/h3-9,11H,1-2H3,(H,20,21). The number of amides is 1. The van der Waals surface area contributed by atoms with Crippen molar-refractivity contribution in [1.29, 1.82) is 5.26 Å². The Balaban J connectivity index is 2.11. The molecular formula is C17H15ClN2O2. The van der Waals surface area contributed by atoms with Crippen molar-refractivity contribution < 1.29 is 9.53 Å². The molecule has 2 aromatic rings. The molecule has 2 rings (SSSR count). The minimum Gasteiger partial charge on any atom is -0.489 e. The number of rotatable bonds is 4. The van der Waals surface area contributed by atoms with Crippen molar-refractivity contribution in [2.45, 2.75) is 20.0 Å². The highest BCUT2D eigenvalue weighted by atomic mass is 35.5. The fourth-order valence-corrected chi connectivity index (χ4v) is 2.05. The Labute approximate surface area is 134 Å². The van der Waals surface area contributed by atoms with Gasteiger partial charge in [0.1, 0.15) is 5.75 Å². The van der Waals surface area contributed by atoms with Crippen LogP contribution in [0.2, 0.25) is 5.02 Å². The molecule has 0 spiro atoms. The molecule has 0 aliphatic rings. The zero-order chi connectivity index (χ0) is 16.1. The summed E-state index contributed by atoms with van der Waals surface area (Å²) >= 11 is 6.13. The molecule has 0 heterocycles. The van der Waals surface area contributed by atoms with Crippen molar-refractivity contribution in [3.05, 3.63) is 58.6 Å². The number of anilines is 1. The summed E-state index contributed by atoms with van der Waals surface area (Å²) in [4.78, 5) is 12.1. The highest BCUT2D eigenvalue weighted by Crippen LogP contribution is 2.28. The lowest BCUT2D eigenvalue weighted by atomic mass is 10.1. The van der Waals surface area contributed by atoms with E-state index in [9.17, 15) is 4.79 Å². The van der Waals surface area contributed by atoms with Crippen LogP contribution in [0.4, 0.5) is 5.69 Å². The molecule has 0 aromatic heterocycles. The fourth-order valence-electron chi connectivity index (χ4n) is 1.83. The van der Waals surface area contributed by atoms with Gasteiger partial charge in [-0.15, -0.1) is 0 Å². The summed E-state index contributed by atoms with van der Waals surface area (Å²) in [7, 11) is 0. The number of ether oxygens (including phenoxy) is 1. The van der Waals surface area contributed by atoms with Crippen LogP contribution in [0.3, 0.4) is 0 Å². The Bertz CT molecular complexity index is 718. The first-order chi connectivity index (χ1) is 10.5. The van der Waals surface area contributed by atoms with Gasteiger partial charge in [0, 0.05) is 11.3 Å². The molecule has 5 heteroatoms. The van der Waals surface area contributed by atoms with E-state index in [-0.39, 0.29) is 12.0 Å². The Kier molecular flexibility index (Phi) is 5.03. The highest BCUT2D eigenvalue weighted by Gasteiger charge is 2.09. The number of hydrogen-bond donors (Lipinski definition) is 1. The number of hydrogen-bond acceptors (Lipinski definition) is 3. The van der Waals surface area contributed by atoms with Crippen LogP contribution < -0.4 is 10.1 Å². The Morgan fingerprint density at radius 3 is 2.45 bits per heavy atom. The first-order valence-electron chi connectivity index (χ1n) is 6.77. The van der Waals surface area contributed by atoms with E-state index in [1.165, 1.54) is 0 Å². The van der Waals surface area contributed by atoms with Crippen molar-refractivity contribution in [2.24, 2.45) is 0 Å². The average molecular weight is 315 g/mol. The van der Waals surface area contributed by atoms with Crippen LogP contribution in [-0.4, -0.2) is 12.0 Å². The second-order valence-electron chi connectivity index (χ2n) is 4.96. The van der Waals surface area contributed by atoms with Gasteiger partial charge in [0.15, 0.2) is 0 Å². The van der Waals surface area contributed by atoms with Crippen LogP contribution in [0.1, 0.15) is 29.8 Å². The lowest BCUT2D eigenvalue weighted by molar-refractivity contribution is 0.102. The molecule has 2 aromatic carbocycles. The van der Waals surface area contributed by atoms with Crippen LogP contribution >= 0.6 is 11.6 Å². The van der Waals surface area contributed by atoms with Gasteiger partial charge in [0.2, 0.25) is 0 Å². The molecule has 22 heavy (non-hydrogen) atoms. The third-order valence-corrected chi connectivity index (χ3v) is 3.12. The third kappa shape index (κ3) is 4.00. The lowest BCUT2D eigenvalue weighted by Crippen LogP contribution is -2.12. The summed E-state index contributed by atoms with van der Waals surface area (Å²) in [5.74, 6) is 0.311. The summed E-state index contributed by atoms with van der Waals surface area (Å²) in [5.41, 5.74) is 1.56. The largest absolute Gasteiger partial charge is 0.489 e. The van der Waals surface area contributed by atoms with E-state index >= 15 is 0 Å². The van der Waals surface area contributed by atoms with Crippen LogP contribution in [0.25, 0.3) is 0 Å². The van der Waals surface area contributed by atoms with Gasteiger partial charge in [-0.2, -0.15) is 5.26 Å². The summed E-state index contributed by atoms with van der Waals surface area (Å²) in [6, 6.07) is 13.5. The molecule has 112 valence electrons. The van der Waals surface area contributed by atoms with Gasteiger partial charge in [-0.25, -0.2) is 0 Å². The molecule has 0 atom stereocenters. The predicted molar refractivity (Wildman–Crippen MR) is 86.3 cm³/mol. The normalized spacial score (nSPS) is 10.1. The number of nitriles is 1. The van der Waals surface area contributed by atoms with Crippen molar-refractivity contribution in [1.82, 2.24) is 0 Å².